The molecule has 0 aromatic heterocycles. The van der Waals surface area contributed by atoms with Crippen LogP contribution in [0.4, 0.5) is 0 Å². The summed E-state index contributed by atoms with van der Waals surface area (Å²) < 4.78 is 4.84. The lowest BCUT2D eigenvalue weighted by Crippen LogP contribution is -2.37. The molecule has 138 valence electrons. The highest BCUT2D eigenvalue weighted by molar-refractivity contribution is 6.07. The lowest BCUT2D eigenvalue weighted by molar-refractivity contribution is -0.145. The van der Waals surface area contributed by atoms with Crippen molar-refractivity contribution >= 4 is 22.6 Å². The first-order valence-electron chi connectivity index (χ1n) is 8.99. The van der Waals surface area contributed by atoms with E-state index >= 15 is 0 Å². The first-order valence-corrected chi connectivity index (χ1v) is 8.99. The third-order valence-corrected chi connectivity index (χ3v) is 4.62. The third kappa shape index (κ3) is 4.34. The number of hydrogen-bond acceptors (Lipinski definition) is 3. The molecule has 0 heterocycles. The Hall–Kier alpha value is -3.14. The van der Waals surface area contributed by atoms with Gasteiger partial charge < -0.3 is 9.64 Å². The number of carbonyl (C=O) groups is 2. The maximum absolute atomic E-state index is 13.4. The van der Waals surface area contributed by atoms with Gasteiger partial charge in [0.2, 0.25) is 0 Å². The van der Waals surface area contributed by atoms with Crippen molar-refractivity contribution in [3.8, 4) is 0 Å². The van der Waals surface area contributed by atoms with Crippen molar-refractivity contribution in [3.05, 3.63) is 83.9 Å². The molecule has 1 amide bonds. The second kappa shape index (κ2) is 8.49. The van der Waals surface area contributed by atoms with Gasteiger partial charge in [-0.1, -0.05) is 73.7 Å². The van der Waals surface area contributed by atoms with Crippen LogP contribution in [0.5, 0.6) is 0 Å². The molecule has 4 nitrogen and oxygen atoms in total. The van der Waals surface area contributed by atoms with Gasteiger partial charge in [-0.2, -0.15) is 0 Å². The summed E-state index contributed by atoms with van der Waals surface area (Å²) in [7, 11) is 1.37. The van der Waals surface area contributed by atoms with Crippen molar-refractivity contribution in [2.45, 2.75) is 13.5 Å². The van der Waals surface area contributed by atoms with Crippen LogP contribution in [0.15, 0.2) is 72.8 Å². The van der Waals surface area contributed by atoms with E-state index in [1.807, 2.05) is 72.8 Å². The van der Waals surface area contributed by atoms with Crippen LogP contribution in [-0.4, -0.2) is 30.4 Å². The second-order valence-corrected chi connectivity index (χ2v) is 6.62. The van der Waals surface area contributed by atoms with Gasteiger partial charge in [0.1, 0.15) is 0 Å². The van der Waals surface area contributed by atoms with Crippen molar-refractivity contribution in [2.24, 2.45) is 5.92 Å². The zero-order valence-corrected chi connectivity index (χ0v) is 15.6. The highest BCUT2D eigenvalue weighted by atomic mass is 16.5. The van der Waals surface area contributed by atoms with E-state index in [1.54, 1.807) is 11.8 Å². The highest BCUT2D eigenvalue weighted by Crippen LogP contribution is 2.21. The standard InChI is InChI=1S/C23H23NO3/c1-17(23(26)27-2)15-24(16-18-9-4-3-5-10-18)22(25)21-14-8-12-19-11-6-7-13-20(19)21/h3-14,17H,15-16H2,1-2H3. The number of methoxy groups -OCH3 is 1. The molecule has 0 N–H and O–H groups in total. The molecular weight excluding hydrogens is 338 g/mol. The minimum atomic E-state index is -0.405. The van der Waals surface area contributed by atoms with Crippen molar-refractivity contribution in [3.63, 3.8) is 0 Å². The Labute approximate surface area is 159 Å². The Balaban J connectivity index is 1.95. The quantitative estimate of drug-likeness (QED) is 0.615. The summed E-state index contributed by atoms with van der Waals surface area (Å²) in [4.78, 5) is 27.0. The molecule has 4 heteroatoms. The van der Waals surface area contributed by atoms with Crippen LogP contribution in [-0.2, 0) is 16.1 Å². The molecular formula is C23H23NO3. The molecule has 0 radical (unpaired) electrons. The fourth-order valence-electron chi connectivity index (χ4n) is 3.21. The largest absolute Gasteiger partial charge is 0.469 e. The maximum Gasteiger partial charge on any atom is 0.310 e. The monoisotopic (exact) mass is 361 g/mol. The van der Waals surface area contributed by atoms with Crippen LogP contribution in [0, 0.1) is 5.92 Å². The summed E-state index contributed by atoms with van der Waals surface area (Å²) in [6.45, 7) is 2.51. The average Bonchev–Trinajstić information content (AvgIpc) is 2.72. The lowest BCUT2D eigenvalue weighted by atomic mass is 10.0. The van der Waals surface area contributed by atoms with E-state index in [0.717, 1.165) is 16.3 Å². The smallest absolute Gasteiger partial charge is 0.310 e. The van der Waals surface area contributed by atoms with Crippen molar-refractivity contribution in [1.82, 2.24) is 4.90 Å². The predicted molar refractivity (Wildman–Crippen MR) is 106 cm³/mol. The molecule has 0 aliphatic heterocycles. The minimum Gasteiger partial charge on any atom is -0.469 e. The zero-order valence-electron chi connectivity index (χ0n) is 15.6. The molecule has 1 unspecified atom stereocenters. The fourth-order valence-corrected chi connectivity index (χ4v) is 3.21. The molecule has 0 spiro atoms. The number of rotatable bonds is 6. The van der Waals surface area contributed by atoms with E-state index in [1.165, 1.54) is 7.11 Å². The summed E-state index contributed by atoms with van der Waals surface area (Å²) in [5.41, 5.74) is 1.66. The van der Waals surface area contributed by atoms with Crippen LogP contribution in [0.1, 0.15) is 22.8 Å². The van der Waals surface area contributed by atoms with Gasteiger partial charge in [-0.15, -0.1) is 0 Å². The Morgan fingerprint density at radius 1 is 0.926 bits per heavy atom. The fraction of sp³-hybridized carbons (Fsp3) is 0.217. The molecule has 0 saturated heterocycles. The molecule has 1 atom stereocenters. The van der Waals surface area contributed by atoms with E-state index in [0.29, 0.717) is 18.7 Å². The average molecular weight is 361 g/mol. The molecule has 3 aromatic carbocycles. The van der Waals surface area contributed by atoms with E-state index in [-0.39, 0.29) is 11.9 Å². The molecule has 3 rings (SSSR count). The number of amides is 1. The molecule has 27 heavy (non-hydrogen) atoms. The molecule has 0 aliphatic rings. The minimum absolute atomic E-state index is 0.0913. The number of benzene rings is 3. The maximum atomic E-state index is 13.4. The van der Waals surface area contributed by atoms with Crippen molar-refractivity contribution in [2.75, 3.05) is 13.7 Å². The van der Waals surface area contributed by atoms with Gasteiger partial charge >= 0.3 is 5.97 Å². The van der Waals surface area contributed by atoms with E-state index < -0.39 is 5.92 Å². The highest BCUT2D eigenvalue weighted by Gasteiger charge is 2.23. The number of ether oxygens (including phenoxy) is 1. The summed E-state index contributed by atoms with van der Waals surface area (Å²) in [6, 6.07) is 23.3. The van der Waals surface area contributed by atoms with Crippen molar-refractivity contribution in [1.29, 1.82) is 0 Å². The Morgan fingerprint density at radius 3 is 2.33 bits per heavy atom. The van der Waals surface area contributed by atoms with E-state index in [2.05, 4.69) is 0 Å². The topological polar surface area (TPSA) is 46.6 Å². The molecule has 0 saturated carbocycles. The van der Waals surface area contributed by atoms with Crippen LogP contribution in [0.2, 0.25) is 0 Å². The molecule has 0 bridgehead atoms. The third-order valence-electron chi connectivity index (χ3n) is 4.62. The van der Waals surface area contributed by atoms with Crippen LogP contribution < -0.4 is 0 Å². The number of nitrogens with zero attached hydrogens (tertiary/aromatic N) is 1. The zero-order chi connectivity index (χ0) is 19.2. The molecule has 0 fully saturated rings. The Kier molecular flexibility index (Phi) is 5.87. The van der Waals surface area contributed by atoms with Crippen LogP contribution in [0.3, 0.4) is 0 Å². The second-order valence-electron chi connectivity index (χ2n) is 6.62. The van der Waals surface area contributed by atoms with Gasteiger partial charge in [-0.05, 0) is 22.4 Å². The predicted octanol–water partition coefficient (Wildman–Crippen LogP) is 4.29. The normalized spacial score (nSPS) is 11.8. The Bertz CT molecular complexity index is 931. The summed E-state index contributed by atoms with van der Waals surface area (Å²) in [5, 5.41) is 1.93. The summed E-state index contributed by atoms with van der Waals surface area (Å²) in [6.07, 6.45) is 0. The number of carbonyl (C=O) groups excluding carboxylic acids is 2. The first kappa shape index (κ1) is 18.6. The van der Waals surface area contributed by atoms with Gasteiger partial charge in [-0.3, -0.25) is 9.59 Å². The van der Waals surface area contributed by atoms with E-state index in [9.17, 15) is 9.59 Å². The Morgan fingerprint density at radius 2 is 1.59 bits per heavy atom. The van der Waals surface area contributed by atoms with Gasteiger partial charge in [-0.25, -0.2) is 0 Å². The first-order chi connectivity index (χ1) is 13.1. The number of fused-ring (bicyclic) bond motifs is 1. The van der Waals surface area contributed by atoms with Crippen LogP contribution >= 0.6 is 0 Å². The molecule has 3 aromatic rings. The summed E-state index contributed by atoms with van der Waals surface area (Å²) >= 11 is 0. The molecule has 0 aliphatic carbocycles. The van der Waals surface area contributed by atoms with Crippen molar-refractivity contribution < 1.29 is 14.3 Å². The van der Waals surface area contributed by atoms with Gasteiger partial charge in [0.25, 0.3) is 5.91 Å². The SMILES string of the molecule is COC(=O)C(C)CN(Cc1ccccc1)C(=O)c1cccc2ccccc12. The van der Waals surface area contributed by atoms with Gasteiger partial charge in [0, 0.05) is 18.7 Å². The van der Waals surface area contributed by atoms with Gasteiger partial charge in [0.15, 0.2) is 0 Å². The number of hydrogen-bond donors (Lipinski definition) is 0. The van der Waals surface area contributed by atoms with Gasteiger partial charge in [0.05, 0.1) is 13.0 Å². The van der Waals surface area contributed by atoms with Crippen LogP contribution in [0.25, 0.3) is 10.8 Å². The number of esters is 1. The lowest BCUT2D eigenvalue weighted by Gasteiger charge is -2.26. The summed E-state index contributed by atoms with van der Waals surface area (Å²) in [5.74, 6) is -0.817. The van der Waals surface area contributed by atoms with E-state index in [4.69, 9.17) is 4.74 Å².